The highest BCUT2D eigenvalue weighted by Crippen LogP contribution is 2.19. The number of guanidine groups is 1. The first-order valence-electron chi connectivity index (χ1n) is 8.97. The van der Waals surface area contributed by atoms with Crippen LogP contribution in [0.25, 0.3) is 0 Å². The Morgan fingerprint density at radius 1 is 1.41 bits per heavy atom. The van der Waals surface area contributed by atoms with Crippen LogP contribution in [0.4, 0.5) is 4.39 Å². The van der Waals surface area contributed by atoms with Gasteiger partial charge in [0.05, 0.1) is 30.7 Å². The lowest BCUT2D eigenvalue weighted by Crippen LogP contribution is -2.46. The summed E-state index contributed by atoms with van der Waals surface area (Å²) < 4.78 is 19.1. The monoisotopic (exact) mass is 488 g/mol. The molecule has 0 radical (unpaired) electrons. The molecule has 1 saturated heterocycles. The number of hydrogen-bond donors (Lipinski definition) is 1. The number of halogens is 2. The van der Waals surface area contributed by atoms with Crippen molar-refractivity contribution in [1.82, 2.24) is 10.2 Å². The van der Waals surface area contributed by atoms with E-state index in [0.29, 0.717) is 56.2 Å². The third-order valence-corrected chi connectivity index (χ3v) is 4.33. The van der Waals surface area contributed by atoms with Crippen LogP contribution < -0.4 is 5.32 Å². The first-order valence-corrected chi connectivity index (χ1v) is 8.97. The number of nitrogens with one attached hydrogen (secondary N) is 1. The molecule has 0 amide bonds. The second-order valence-electron chi connectivity index (χ2n) is 6.10. The second-order valence-corrected chi connectivity index (χ2v) is 6.10. The molecule has 0 bridgehead atoms. The van der Waals surface area contributed by atoms with Gasteiger partial charge in [-0.25, -0.2) is 9.38 Å². The van der Waals surface area contributed by atoms with Crippen LogP contribution in [0.5, 0.6) is 0 Å². The van der Waals surface area contributed by atoms with Gasteiger partial charge < -0.3 is 15.0 Å². The lowest BCUT2D eigenvalue weighted by molar-refractivity contribution is -0.149. The zero-order chi connectivity index (χ0) is 18.9. The number of likely N-dealkylation sites (tertiary alicyclic amines) is 1. The van der Waals surface area contributed by atoms with Crippen molar-refractivity contribution in [3.63, 3.8) is 0 Å². The number of nitriles is 1. The van der Waals surface area contributed by atoms with Crippen molar-refractivity contribution in [1.29, 1.82) is 5.26 Å². The van der Waals surface area contributed by atoms with E-state index in [4.69, 9.17) is 10.00 Å². The molecular weight excluding hydrogens is 462 g/mol. The summed E-state index contributed by atoms with van der Waals surface area (Å²) in [5.74, 6) is 0.0852. The normalized spacial score (nSPS) is 14.9. The molecule has 1 fully saturated rings. The van der Waals surface area contributed by atoms with Gasteiger partial charge in [-0.2, -0.15) is 5.26 Å². The van der Waals surface area contributed by atoms with E-state index in [9.17, 15) is 9.18 Å². The van der Waals surface area contributed by atoms with E-state index in [2.05, 4.69) is 15.2 Å². The van der Waals surface area contributed by atoms with Crippen LogP contribution >= 0.6 is 24.0 Å². The molecule has 0 aliphatic carbocycles. The maximum absolute atomic E-state index is 14.0. The maximum atomic E-state index is 14.0. The largest absolute Gasteiger partial charge is 0.466 e. The van der Waals surface area contributed by atoms with Gasteiger partial charge in [0, 0.05) is 25.2 Å². The van der Waals surface area contributed by atoms with Gasteiger partial charge in [-0.15, -0.1) is 24.0 Å². The Hall–Kier alpha value is -1.89. The number of nitrogens with zero attached hydrogens (tertiary/aromatic N) is 3. The molecule has 27 heavy (non-hydrogen) atoms. The van der Waals surface area contributed by atoms with Gasteiger partial charge in [-0.05, 0) is 38.8 Å². The minimum atomic E-state index is -0.426. The van der Waals surface area contributed by atoms with E-state index in [1.165, 1.54) is 6.07 Å². The Morgan fingerprint density at radius 2 is 2.11 bits per heavy atom. The molecule has 0 atom stereocenters. The Bertz CT molecular complexity index is 697. The zero-order valence-electron chi connectivity index (χ0n) is 15.7. The Balaban J connectivity index is 0.00000364. The number of benzene rings is 1. The molecule has 1 N–H and O–H groups in total. The van der Waals surface area contributed by atoms with Gasteiger partial charge in [0.25, 0.3) is 0 Å². The van der Waals surface area contributed by atoms with Crippen molar-refractivity contribution >= 4 is 35.9 Å². The van der Waals surface area contributed by atoms with Crippen molar-refractivity contribution in [2.75, 3.05) is 26.2 Å². The van der Waals surface area contributed by atoms with Crippen LogP contribution in [0.2, 0.25) is 0 Å². The maximum Gasteiger partial charge on any atom is 0.309 e. The van der Waals surface area contributed by atoms with E-state index in [-0.39, 0.29) is 42.4 Å². The summed E-state index contributed by atoms with van der Waals surface area (Å²) in [6.45, 7) is 6.48. The number of rotatable bonds is 5. The minimum Gasteiger partial charge on any atom is -0.466 e. The number of hydrogen-bond acceptors (Lipinski definition) is 4. The Morgan fingerprint density at radius 3 is 2.67 bits per heavy atom. The molecule has 1 aliphatic rings. The number of piperidine rings is 1. The fraction of sp³-hybridized carbons (Fsp3) is 0.526. The number of carbonyl (C=O) groups excluding carboxylic acids is 1. The van der Waals surface area contributed by atoms with Crippen LogP contribution in [0.15, 0.2) is 23.2 Å². The van der Waals surface area contributed by atoms with Crippen LogP contribution in [-0.2, 0) is 16.1 Å². The van der Waals surface area contributed by atoms with E-state index >= 15 is 0 Å². The topological polar surface area (TPSA) is 77.7 Å². The predicted molar refractivity (Wildman–Crippen MR) is 112 cm³/mol. The Kier molecular flexibility index (Phi) is 10.1. The third kappa shape index (κ3) is 6.65. The fourth-order valence-corrected chi connectivity index (χ4v) is 2.92. The minimum absolute atomic E-state index is 0. The summed E-state index contributed by atoms with van der Waals surface area (Å²) in [6, 6.07) is 6.32. The first kappa shape index (κ1) is 23.1. The van der Waals surface area contributed by atoms with Crippen LogP contribution in [0.1, 0.15) is 37.8 Å². The second kappa shape index (κ2) is 11.7. The number of aliphatic imine (C=N–C) groups is 1. The highest BCUT2D eigenvalue weighted by Gasteiger charge is 2.27. The van der Waals surface area contributed by atoms with E-state index in [1.807, 2.05) is 19.9 Å². The summed E-state index contributed by atoms with van der Waals surface area (Å²) in [7, 11) is 0. The van der Waals surface area contributed by atoms with Gasteiger partial charge in [-0.1, -0.05) is 6.07 Å². The zero-order valence-corrected chi connectivity index (χ0v) is 18.0. The van der Waals surface area contributed by atoms with Gasteiger partial charge in [0.2, 0.25) is 0 Å². The number of esters is 1. The molecular formula is C19H26FIN4O2. The molecule has 0 aromatic heterocycles. The molecule has 0 unspecified atom stereocenters. The summed E-state index contributed by atoms with van der Waals surface area (Å²) >= 11 is 0. The molecule has 148 valence electrons. The van der Waals surface area contributed by atoms with Gasteiger partial charge in [0.1, 0.15) is 5.82 Å². The summed E-state index contributed by atoms with van der Waals surface area (Å²) in [4.78, 5) is 18.5. The lowest BCUT2D eigenvalue weighted by Gasteiger charge is -2.33. The predicted octanol–water partition coefficient (Wildman–Crippen LogP) is 3.06. The highest BCUT2D eigenvalue weighted by atomic mass is 127. The van der Waals surface area contributed by atoms with E-state index in [0.717, 1.165) is 0 Å². The van der Waals surface area contributed by atoms with Crippen molar-refractivity contribution in [3.8, 4) is 6.07 Å². The van der Waals surface area contributed by atoms with Crippen molar-refractivity contribution in [3.05, 3.63) is 35.1 Å². The summed E-state index contributed by atoms with van der Waals surface area (Å²) in [6.07, 6.45) is 1.43. The van der Waals surface area contributed by atoms with E-state index in [1.54, 1.807) is 12.1 Å². The quantitative estimate of drug-likeness (QED) is 0.299. The average molecular weight is 488 g/mol. The molecule has 6 nitrogen and oxygen atoms in total. The van der Waals surface area contributed by atoms with Gasteiger partial charge in [-0.3, -0.25) is 4.79 Å². The Labute approximate surface area is 176 Å². The lowest BCUT2D eigenvalue weighted by atomic mass is 9.97. The number of ether oxygens (including phenoxy) is 1. The fourth-order valence-electron chi connectivity index (χ4n) is 2.92. The van der Waals surface area contributed by atoms with Crippen molar-refractivity contribution in [2.45, 2.75) is 33.2 Å². The van der Waals surface area contributed by atoms with Crippen LogP contribution in [-0.4, -0.2) is 43.1 Å². The van der Waals surface area contributed by atoms with Gasteiger partial charge in [0.15, 0.2) is 5.96 Å². The third-order valence-electron chi connectivity index (χ3n) is 4.33. The highest BCUT2D eigenvalue weighted by molar-refractivity contribution is 14.0. The first-order chi connectivity index (χ1) is 12.6. The molecule has 1 heterocycles. The molecule has 8 heteroatoms. The SMILES string of the molecule is CCNC(=NCc1ccc(C#N)cc1F)N1CCC(C(=O)OCC)CC1.I. The van der Waals surface area contributed by atoms with Crippen molar-refractivity contribution in [2.24, 2.45) is 10.9 Å². The molecule has 1 aromatic carbocycles. The van der Waals surface area contributed by atoms with Crippen LogP contribution in [0.3, 0.4) is 0 Å². The van der Waals surface area contributed by atoms with Crippen LogP contribution in [0, 0.1) is 23.1 Å². The molecule has 1 aromatic rings. The summed E-state index contributed by atoms with van der Waals surface area (Å²) in [5, 5.41) is 12.0. The number of carbonyl (C=O) groups is 1. The molecule has 0 spiro atoms. The van der Waals surface area contributed by atoms with E-state index < -0.39 is 5.82 Å². The standard InChI is InChI=1S/C19H25FN4O2.HI/c1-3-22-19(23-13-16-6-5-14(12-21)11-17(16)20)24-9-7-15(8-10-24)18(25)26-4-2;/h5-6,11,15H,3-4,7-10,13H2,1-2H3,(H,22,23);1H. The van der Waals surface area contributed by atoms with Gasteiger partial charge >= 0.3 is 5.97 Å². The average Bonchev–Trinajstić information content (AvgIpc) is 2.66. The molecule has 1 aliphatic heterocycles. The molecule has 0 saturated carbocycles. The van der Waals surface area contributed by atoms with Crippen molar-refractivity contribution < 1.29 is 13.9 Å². The summed E-state index contributed by atoms with van der Waals surface area (Å²) in [5.41, 5.74) is 0.740. The smallest absolute Gasteiger partial charge is 0.309 e. The molecule has 2 rings (SSSR count).